The first-order valence-electron chi connectivity index (χ1n) is 15.8. The molecule has 0 spiro atoms. The van der Waals surface area contributed by atoms with Gasteiger partial charge in [0.2, 0.25) is 0 Å². The predicted octanol–water partition coefficient (Wildman–Crippen LogP) is 10.7. The number of benzene rings is 3. The Kier molecular flexibility index (Phi) is 8.71. The van der Waals surface area contributed by atoms with Crippen molar-refractivity contribution in [1.82, 2.24) is 15.0 Å². The van der Waals surface area contributed by atoms with Crippen LogP contribution in [0.3, 0.4) is 0 Å². The van der Waals surface area contributed by atoms with Gasteiger partial charge in [0.05, 0.1) is 0 Å². The molecule has 0 saturated carbocycles. The van der Waals surface area contributed by atoms with E-state index in [-0.39, 0.29) is 10.8 Å². The molecule has 224 valence electrons. The maximum atomic E-state index is 4.32. The molecule has 0 saturated heterocycles. The number of hydrogen-bond donors (Lipinski definition) is 0. The summed E-state index contributed by atoms with van der Waals surface area (Å²) in [6.07, 6.45) is 13.3. The van der Waals surface area contributed by atoms with Crippen LogP contribution < -0.4 is 0 Å². The van der Waals surface area contributed by atoms with Gasteiger partial charge in [0.25, 0.3) is 0 Å². The van der Waals surface area contributed by atoms with Crippen LogP contribution in [0.1, 0.15) is 63.1 Å². The molecule has 3 aromatic heterocycles. The van der Waals surface area contributed by atoms with Gasteiger partial charge in [0.1, 0.15) is 0 Å². The molecule has 0 aliphatic carbocycles. The molecule has 6 rings (SSSR count). The molecule has 6 aromatic rings. The van der Waals surface area contributed by atoms with Gasteiger partial charge in [-0.25, -0.2) is 0 Å². The van der Waals surface area contributed by atoms with E-state index in [9.17, 15) is 0 Å². The van der Waals surface area contributed by atoms with Crippen LogP contribution in [0.4, 0.5) is 0 Å². The summed E-state index contributed by atoms with van der Waals surface area (Å²) in [4.78, 5) is 12.9. The first-order chi connectivity index (χ1) is 21.9. The molecule has 0 radical (unpaired) electrons. The van der Waals surface area contributed by atoms with Gasteiger partial charge in [-0.1, -0.05) is 100 Å². The summed E-state index contributed by atoms with van der Waals surface area (Å²) < 4.78 is 0. The fourth-order valence-corrected chi connectivity index (χ4v) is 7.50. The van der Waals surface area contributed by atoms with Crippen LogP contribution in [-0.4, -0.2) is 15.0 Å². The monoisotopic (exact) mass is 587 g/mol. The summed E-state index contributed by atoms with van der Waals surface area (Å²) in [5, 5.41) is 0. The van der Waals surface area contributed by atoms with Gasteiger partial charge in [-0.2, -0.15) is 0 Å². The zero-order chi connectivity index (χ0) is 31.3. The van der Waals surface area contributed by atoms with E-state index in [2.05, 4.69) is 152 Å². The number of rotatable bonds is 10. The molecule has 0 bridgehead atoms. The molecule has 0 N–H and O–H groups in total. The van der Waals surface area contributed by atoms with Crippen LogP contribution in [-0.2, 0) is 10.8 Å². The van der Waals surface area contributed by atoms with Crippen LogP contribution in [0.25, 0.3) is 33.4 Å². The van der Waals surface area contributed by atoms with E-state index >= 15 is 0 Å². The van der Waals surface area contributed by atoms with E-state index in [1.807, 2.05) is 37.2 Å². The second kappa shape index (κ2) is 13.0. The first-order valence-corrected chi connectivity index (χ1v) is 15.8. The minimum Gasteiger partial charge on any atom is -0.265 e. The molecule has 0 fully saturated rings. The highest BCUT2D eigenvalue weighted by Gasteiger charge is 2.39. The molecule has 3 aromatic carbocycles. The lowest BCUT2D eigenvalue weighted by atomic mass is 9.62. The number of pyridine rings is 3. The van der Waals surface area contributed by atoms with Crippen LogP contribution in [0, 0.1) is 0 Å². The Morgan fingerprint density at radius 1 is 0.489 bits per heavy atom. The molecule has 3 nitrogen and oxygen atoms in total. The molecule has 2 atom stereocenters. The fourth-order valence-electron chi connectivity index (χ4n) is 7.50. The van der Waals surface area contributed by atoms with Crippen LogP contribution in [0.2, 0.25) is 0 Å². The van der Waals surface area contributed by atoms with Crippen molar-refractivity contribution in [2.75, 3.05) is 0 Å². The summed E-state index contributed by atoms with van der Waals surface area (Å²) in [6, 6.07) is 39.5. The second-order valence-corrected chi connectivity index (χ2v) is 13.1. The Bertz CT molecular complexity index is 1850. The maximum absolute atomic E-state index is 4.32. The number of nitrogens with zero attached hydrogens (tertiary/aromatic N) is 3. The van der Waals surface area contributed by atoms with Crippen molar-refractivity contribution in [1.29, 1.82) is 0 Å². The topological polar surface area (TPSA) is 38.7 Å². The SMILES string of the molecule is CC(CC(C)(CC(C)(C)c1ccccc1-c1ccncc1)c1ccccc1-c1ccncc1)c1ccccc1-c1ccncc1. The van der Waals surface area contributed by atoms with Gasteiger partial charge in [-0.3, -0.25) is 15.0 Å². The average Bonchev–Trinajstić information content (AvgIpc) is 3.09. The summed E-state index contributed by atoms with van der Waals surface area (Å²) >= 11 is 0. The Morgan fingerprint density at radius 2 is 0.889 bits per heavy atom. The molecule has 0 aliphatic heterocycles. The Balaban J connectivity index is 1.47. The van der Waals surface area contributed by atoms with Crippen molar-refractivity contribution in [2.45, 2.75) is 57.3 Å². The molecular formula is C42H41N3. The molecule has 45 heavy (non-hydrogen) atoms. The lowest BCUT2D eigenvalue weighted by molar-refractivity contribution is 0.294. The van der Waals surface area contributed by atoms with Gasteiger partial charge >= 0.3 is 0 Å². The molecule has 0 amide bonds. The highest BCUT2D eigenvalue weighted by Crippen LogP contribution is 2.49. The van der Waals surface area contributed by atoms with Crippen molar-refractivity contribution < 1.29 is 0 Å². The molecule has 2 unspecified atom stereocenters. The Morgan fingerprint density at radius 3 is 1.42 bits per heavy atom. The summed E-state index contributed by atoms with van der Waals surface area (Å²) in [7, 11) is 0. The molecule has 0 aliphatic rings. The Labute approximate surface area is 268 Å². The number of aromatic nitrogens is 3. The van der Waals surface area contributed by atoms with Crippen LogP contribution in [0.15, 0.2) is 146 Å². The van der Waals surface area contributed by atoms with E-state index in [4.69, 9.17) is 0 Å². The smallest absolute Gasteiger partial charge is 0.0273 e. The van der Waals surface area contributed by atoms with Crippen molar-refractivity contribution in [3.63, 3.8) is 0 Å². The predicted molar refractivity (Wildman–Crippen MR) is 187 cm³/mol. The van der Waals surface area contributed by atoms with Crippen molar-refractivity contribution in [2.24, 2.45) is 0 Å². The van der Waals surface area contributed by atoms with Gasteiger partial charge in [0.15, 0.2) is 0 Å². The minimum absolute atomic E-state index is 0.135. The summed E-state index contributed by atoms with van der Waals surface area (Å²) in [5.41, 5.74) is 11.2. The van der Waals surface area contributed by atoms with E-state index in [1.165, 1.54) is 50.1 Å². The van der Waals surface area contributed by atoms with Crippen molar-refractivity contribution >= 4 is 0 Å². The first kappa shape index (κ1) is 30.1. The lowest BCUT2D eigenvalue weighted by Crippen LogP contribution is -2.34. The van der Waals surface area contributed by atoms with E-state index < -0.39 is 0 Å². The standard InChI is InChI=1S/C42H41N3/c1-31(35-11-5-6-12-36(35)32-17-23-43-24-18-32)29-42(4,40-16-10-8-14-38(40)34-21-27-45-28-22-34)30-41(2,3)39-15-9-7-13-37(39)33-19-25-44-26-20-33/h5-28,31H,29-30H2,1-4H3. The van der Waals surface area contributed by atoms with Gasteiger partial charge in [-0.15, -0.1) is 0 Å². The third kappa shape index (κ3) is 6.49. The molecule has 3 heteroatoms. The summed E-state index contributed by atoms with van der Waals surface area (Å²) in [6.45, 7) is 9.70. The van der Waals surface area contributed by atoms with Gasteiger partial charge in [-0.05, 0) is 116 Å². The number of hydrogen-bond acceptors (Lipinski definition) is 3. The average molecular weight is 588 g/mol. The minimum atomic E-state index is -0.167. The van der Waals surface area contributed by atoms with Crippen molar-refractivity contribution in [3.05, 3.63) is 163 Å². The van der Waals surface area contributed by atoms with Crippen molar-refractivity contribution in [3.8, 4) is 33.4 Å². The normalized spacial score (nSPS) is 13.6. The maximum Gasteiger partial charge on any atom is 0.0273 e. The van der Waals surface area contributed by atoms with E-state index in [1.54, 1.807) is 0 Å². The zero-order valence-corrected chi connectivity index (χ0v) is 26.7. The largest absolute Gasteiger partial charge is 0.265 e. The zero-order valence-electron chi connectivity index (χ0n) is 26.7. The van der Waals surface area contributed by atoms with E-state index in [0.717, 1.165) is 12.8 Å². The second-order valence-electron chi connectivity index (χ2n) is 13.1. The third-order valence-electron chi connectivity index (χ3n) is 9.29. The molecule has 3 heterocycles. The Hall–Kier alpha value is -4.89. The highest BCUT2D eigenvalue weighted by molar-refractivity contribution is 5.71. The summed E-state index contributed by atoms with van der Waals surface area (Å²) in [5.74, 6) is 0.302. The van der Waals surface area contributed by atoms with Crippen LogP contribution in [0.5, 0.6) is 0 Å². The molecular weight excluding hydrogens is 546 g/mol. The quantitative estimate of drug-likeness (QED) is 0.160. The fraction of sp³-hybridized carbons (Fsp3) is 0.214. The van der Waals surface area contributed by atoms with Gasteiger partial charge < -0.3 is 0 Å². The highest BCUT2D eigenvalue weighted by atomic mass is 14.6. The van der Waals surface area contributed by atoms with Gasteiger partial charge in [0, 0.05) is 37.2 Å². The third-order valence-corrected chi connectivity index (χ3v) is 9.29. The lowest BCUT2D eigenvalue weighted by Gasteiger charge is -2.42. The van der Waals surface area contributed by atoms with Crippen LogP contribution >= 0.6 is 0 Å². The van der Waals surface area contributed by atoms with E-state index in [0.29, 0.717) is 5.92 Å².